The molecular weight excluding hydrogens is 604 g/mol. The fourth-order valence-electron chi connectivity index (χ4n) is 7.76. The van der Waals surface area contributed by atoms with Gasteiger partial charge in [0.15, 0.2) is 0 Å². The molecule has 0 fully saturated rings. The van der Waals surface area contributed by atoms with Gasteiger partial charge in [-0.15, -0.1) is 0 Å². The molecule has 0 spiro atoms. The summed E-state index contributed by atoms with van der Waals surface area (Å²) in [6, 6.07) is 47.3. The lowest BCUT2D eigenvalue weighted by molar-refractivity contribution is 0.493. The predicted octanol–water partition coefficient (Wildman–Crippen LogP) is 11.1. The van der Waals surface area contributed by atoms with E-state index in [1.165, 1.54) is 0 Å². The Balaban J connectivity index is 1.22. The molecule has 0 radical (unpaired) electrons. The highest BCUT2D eigenvalue weighted by atomic mass is 16.5. The van der Waals surface area contributed by atoms with E-state index in [1.807, 2.05) is 66.7 Å². The average Bonchev–Trinajstić information content (AvgIpc) is 3.71. The molecule has 0 bridgehead atoms. The third-order valence-electron chi connectivity index (χ3n) is 9.87. The number of aromatic nitrogens is 3. The highest BCUT2D eigenvalue weighted by Gasteiger charge is 2.27. The number of hydrogen-bond donors (Lipinski definition) is 0. The molecule has 0 amide bonds. The lowest BCUT2D eigenvalue weighted by Crippen LogP contribution is -2.04. The lowest BCUT2D eigenvalue weighted by atomic mass is 9.91. The summed E-state index contributed by atoms with van der Waals surface area (Å²) in [5.41, 5.74) is 8.78. The summed E-state index contributed by atoms with van der Waals surface area (Å²) in [5.74, 6) is 2.08. The molecule has 7 aromatic carbocycles. The van der Waals surface area contributed by atoms with Gasteiger partial charge in [0.1, 0.15) is 22.7 Å². The number of hydrogen-bond acceptors (Lipinski definition) is 5. The Morgan fingerprint density at radius 1 is 0.551 bits per heavy atom. The number of nitriles is 1. The molecule has 4 heterocycles. The molecule has 10 aromatic rings. The van der Waals surface area contributed by atoms with Crippen molar-refractivity contribution in [2.45, 2.75) is 0 Å². The van der Waals surface area contributed by atoms with Crippen LogP contribution in [0.25, 0.3) is 93.8 Å². The molecule has 1 aliphatic rings. The standard InChI is InChI=1S/C43H22N4O2/c44-23-24-19-22-37-38-25(24)12-7-13-27(38)29-20-21-35-39(42(29)49-37)31-11-2-5-17-34(31)47(35)43-45-33-16-4-1-10-30(33)40(46-43)32-15-8-14-28-26-9-3-6-18-36(26)48-41(28)32/h1-22H. The van der Waals surface area contributed by atoms with Crippen molar-refractivity contribution in [2.75, 3.05) is 0 Å². The van der Waals surface area contributed by atoms with Gasteiger partial charge < -0.3 is 9.15 Å². The summed E-state index contributed by atoms with van der Waals surface area (Å²) in [6.45, 7) is 0. The first-order chi connectivity index (χ1) is 24.3. The predicted molar refractivity (Wildman–Crippen MR) is 194 cm³/mol. The quantitative estimate of drug-likeness (QED) is 0.191. The van der Waals surface area contributed by atoms with Crippen molar-refractivity contribution in [3.63, 3.8) is 0 Å². The Hall–Kier alpha value is -6.97. The van der Waals surface area contributed by atoms with E-state index >= 15 is 0 Å². The van der Waals surface area contributed by atoms with Crippen LogP contribution in [0.2, 0.25) is 0 Å². The van der Waals surface area contributed by atoms with E-state index in [0.717, 1.165) is 99.3 Å². The molecule has 3 aromatic heterocycles. The van der Waals surface area contributed by atoms with Crippen molar-refractivity contribution < 1.29 is 9.15 Å². The number of rotatable bonds is 2. The van der Waals surface area contributed by atoms with Crippen LogP contribution in [0.4, 0.5) is 0 Å². The maximum absolute atomic E-state index is 9.81. The molecule has 0 saturated carbocycles. The summed E-state index contributed by atoms with van der Waals surface area (Å²) in [7, 11) is 0. The Morgan fingerprint density at radius 2 is 1.31 bits per heavy atom. The molecule has 6 heteroatoms. The first-order valence-electron chi connectivity index (χ1n) is 16.1. The summed E-state index contributed by atoms with van der Waals surface area (Å²) < 4.78 is 15.4. The molecule has 0 atom stereocenters. The van der Waals surface area contributed by atoms with Gasteiger partial charge in [-0.05, 0) is 54.1 Å². The van der Waals surface area contributed by atoms with E-state index in [1.54, 1.807) is 0 Å². The smallest absolute Gasteiger partial charge is 0.235 e. The van der Waals surface area contributed by atoms with Crippen LogP contribution in [0, 0.1) is 11.3 Å². The molecule has 0 N–H and O–H groups in total. The lowest BCUT2D eigenvalue weighted by Gasteiger charge is -2.22. The topological polar surface area (TPSA) is 76.9 Å². The molecule has 49 heavy (non-hydrogen) atoms. The van der Waals surface area contributed by atoms with Gasteiger partial charge in [-0.25, -0.2) is 9.97 Å². The molecule has 11 rings (SSSR count). The third kappa shape index (κ3) is 3.48. The second kappa shape index (κ2) is 9.54. The van der Waals surface area contributed by atoms with Crippen molar-refractivity contribution >= 4 is 65.4 Å². The Labute approximate surface area is 278 Å². The summed E-state index contributed by atoms with van der Waals surface area (Å²) in [4.78, 5) is 10.5. The van der Waals surface area contributed by atoms with E-state index in [2.05, 4.69) is 77.4 Å². The van der Waals surface area contributed by atoms with Crippen LogP contribution in [0.1, 0.15) is 5.56 Å². The number of benzene rings is 7. The number of furan rings is 1. The fraction of sp³-hybridized carbons (Fsp3) is 0. The van der Waals surface area contributed by atoms with E-state index < -0.39 is 0 Å². The van der Waals surface area contributed by atoms with Gasteiger partial charge in [0, 0.05) is 43.4 Å². The Morgan fingerprint density at radius 3 is 2.20 bits per heavy atom. The Bertz CT molecular complexity index is 3110. The van der Waals surface area contributed by atoms with Crippen LogP contribution in [-0.4, -0.2) is 14.5 Å². The zero-order chi connectivity index (χ0) is 32.2. The molecule has 0 saturated heterocycles. The molecule has 0 unspecified atom stereocenters. The van der Waals surface area contributed by atoms with Crippen molar-refractivity contribution in [1.29, 1.82) is 5.26 Å². The minimum Gasteiger partial charge on any atom is -0.455 e. The highest BCUT2D eigenvalue weighted by Crippen LogP contribution is 2.52. The van der Waals surface area contributed by atoms with Crippen molar-refractivity contribution in [3.8, 4) is 45.9 Å². The normalized spacial score (nSPS) is 12.2. The van der Waals surface area contributed by atoms with Gasteiger partial charge >= 0.3 is 0 Å². The summed E-state index contributed by atoms with van der Waals surface area (Å²) in [5, 5.41) is 16.8. The second-order valence-corrected chi connectivity index (χ2v) is 12.4. The molecule has 6 nitrogen and oxygen atoms in total. The van der Waals surface area contributed by atoms with E-state index in [4.69, 9.17) is 19.1 Å². The number of fused-ring (bicyclic) bond motifs is 10. The highest BCUT2D eigenvalue weighted by molar-refractivity contribution is 6.17. The second-order valence-electron chi connectivity index (χ2n) is 12.4. The van der Waals surface area contributed by atoms with Crippen LogP contribution >= 0.6 is 0 Å². The largest absolute Gasteiger partial charge is 0.455 e. The van der Waals surface area contributed by atoms with Crippen LogP contribution in [-0.2, 0) is 0 Å². The van der Waals surface area contributed by atoms with Gasteiger partial charge in [0.2, 0.25) is 5.95 Å². The van der Waals surface area contributed by atoms with Gasteiger partial charge in [0.05, 0.1) is 39.3 Å². The first-order valence-corrected chi connectivity index (χ1v) is 16.1. The van der Waals surface area contributed by atoms with Gasteiger partial charge in [-0.3, -0.25) is 4.57 Å². The zero-order valence-corrected chi connectivity index (χ0v) is 25.8. The Kier molecular flexibility index (Phi) is 5.09. The van der Waals surface area contributed by atoms with E-state index in [0.29, 0.717) is 11.5 Å². The average molecular weight is 627 g/mol. The molecular formula is C43H22N4O2. The maximum atomic E-state index is 9.81. The minimum atomic E-state index is 0.560. The van der Waals surface area contributed by atoms with Crippen LogP contribution in [0.3, 0.4) is 0 Å². The number of nitrogens with zero attached hydrogens (tertiary/aromatic N) is 4. The third-order valence-corrected chi connectivity index (χ3v) is 9.87. The van der Waals surface area contributed by atoms with E-state index in [9.17, 15) is 5.26 Å². The zero-order valence-electron chi connectivity index (χ0n) is 25.8. The maximum Gasteiger partial charge on any atom is 0.235 e. The van der Waals surface area contributed by atoms with Crippen LogP contribution in [0.5, 0.6) is 11.5 Å². The molecule has 0 aliphatic carbocycles. The molecule has 1 aliphatic heterocycles. The van der Waals surface area contributed by atoms with Crippen molar-refractivity contribution in [2.24, 2.45) is 0 Å². The van der Waals surface area contributed by atoms with Crippen molar-refractivity contribution in [1.82, 2.24) is 14.5 Å². The molecule has 226 valence electrons. The van der Waals surface area contributed by atoms with E-state index in [-0.39, 0.29) is 0 Å². The number of para-hydroxylation sites is 4. The van der Waals surface area contributed by atoms with Crippen molar-refractivity contribution in [3.05, 3.63) is 139 Å². The fourth-order valence-corrected chi connectivity index (χ4v) is 7.76. The van der Waals surface area contributed by atoms with Crippen LogP contribution < -0.4 is 4.74 Å². The number of ether oxygens (including phenoxy) is 1. The van der Waals surface area contributed by atoms with Crippen LogP contribution in [0.15, 0.2) is 138 Å². The van der Waals surface area contributed by atoms with Gasteiger partial charge in [-0.2, -0.15) is 5.26 Å². The van der Waals surface area contributed by atoms with Gasteiger partial charge in [-0.1, -0.05) is 84.9 Å². The first kappa shape index (κ1) is 26.1. The summed E-state index contributed by atoms with van der Waals surface area (Å²) >= 11 is 0. The SMILES string of the molecule is N#Cc1ccc2c3c(cccc13)-c1ccc3c(c1O2)c1ccccc1n3-c1nc(-c2cccc3c2oc2ccccc23)c2ccccc2n1. The summed E-state index contributed by atoms with van der Waals surface area (Å²) in [6.07, 6.45) is 0. The monoisotopic (exact) mass is 626 g/mol. The minimum absolute atomic E-state index is 0.560. The van der Waals surface area contributed by atoms with Gasteiger partial charge in [0.25, 0.3) is 0 Å².